The van der Waals surface area contributed by atoms with Gasteiger partial charge < -0.3 is 4.90 Å². The van der Waals surface area contributed by atoms with E-state index in [2.05, 4.69) is 22.6 Å². The van der Waals surface area contributed by atoms with Crippen LogP contribution in [0.1, 0.15) is 6.42 Å². The van der Waals surface area contributed by atoms with Crippen LogP contribution in [-0.4, -0.2) is 28.2 Å². The van der Waals surface area contributed by atoms with Gasteiger partial charge in [-0.1, -0.05) is 6.07 Å². The van der Waals surface area contributed by atoms with Crippen LogP contribution < -0.4 is 4.90 Å². The summed E-state index contributed by atoms with van der Waals surface area (Å²) in [5.74, 6) is 1.20. The van der Waals surface area contributed by atoms with Crippen LogP contribution in [0.4, 0.5) is 5.69 Å². The average Bonchev–Trinajstić information content (AvgIpc) is 2.95. The van der Waals surface area contributed by atoms with Crippen molar-refractivity contribution in [3.8, 4) is 0 Å². The van der Waals surface area contributed by atoms with E-state index in [1.54, 1.807) is 12.4 Å². The van der Waals surface area contributed by atoms with Gasteiger partial charge in [-0.05, 0) is 35.9 Å². The lowest BCUT2D eigenvalue weighted by Gasteiger charge is -2.19. The molecule has 0 N–H and O–H groups in total. The summed E-state index contributed by atoms with van der Waals surface area (Å²) in [6.07, 6.45) is 4.10. The molecule has 1 atom stereocenters. The molecule has 22 heavy (non-hydrogen) atoms. The summed E-state index contributed by atoms with van der Waals surface area (Å²) >= 11 is 4.34. The number of aromatic nitrogens is 2. The number of thiol groups is 1. The summed E-state index contributed by atoms with van der Waals surface area (Å²) in [7, 11) is 0. The van der Waals surface area contributed by atoms with Crippen molar-refractivity contribution in [2.45, 2.75) is 6.42 Å². The first-order valence-corrected chi connectivity index (χ1v) is 7.95. The fraction of sp³-hybridized carbons (Fsp3) is 0.235. The van der Waals surface area contributed by atoms with Gasteiger partial charge in [-0.3, -0.25) is 14.8 Å². The van der Waals surface area contributed by atoms with E-state index < -0.39 is 0 Å². The second-order valence-electron chi connectivity index (χ2n) is 5.63. The highest BCUT2D eigenvalue weighted by Gasteiger charge is 2.31. The highest BCUT2D eigenvalue weighted by molar-refractivity contribution is 7.80. The van der Waals surface area contributed by atoms with E-state index in [9.17, 15) is 4.79 Å². The molecule has 110 valence electrons. The first-order chi connectivity index (χ1) is 10.8. The third-order valence-electron chi connectivity index (χ3n) is 4.19. The molecule has 2 aromatic heterocycles. The largest absolute Gasteiger partial charge is 0.311 e. The Balaban J connectivity index is 1.98. The lowest BCUT2D eigenvalue weighted by molar-refractivity contribution is -0.117. The SMILES string of the molecule is O=C1CC(CS)CN1c1cc2cccnc2c2ncccc12. The van der Waals surface area contributed by atoms with Gasteiger partial charge in [0.2, 0.25) is 5.91 Å². The van der Waals surface area contributed by atoms with Gasteiger partial charge in [0, 0.05) is 36.1 Å². The second-order valence-corrected chi connectivity index (χ2v) is 5.99. The fourth-order valence-electron chi connectivity index (χ4n) is 3.12. The summed E-state index contributed by atoms with van der Waals surface area (Å²) in [6, 6.07) is 9.87. The molecule has 0 bridgehead atoms. The smallest absolute Gasteiger partial charge is 0.227 e. The van der Waals surface area contributed by atoms with Crippen LogP contribution >= 0.6 is 12.6 Å². The van der Waals surface area contributed by atoms with Crippen molar-refractivity contribution >= 4 is 46.0 Å². The summed E-state index contributed by atoms with van der Waals surface area (Å²) < 4.78 is 0. The number of anilines is 1. The van der Waals surface area contributed by atoms with Crippen molar-refractivity contribution in [1.29, 1.82) is 0 Å². The van der Waals surface area contributed by atoms with Gasteiger partial charge in [0.15, 0.2) is 0 Å². The Kier molecular flexibility index (Phi) is 3.22. The fourth-order valence-corrected chi connectivity index (χ4v) is 3.36. The van der Waals surface area contributed by atoms with Crippen molar-refractivity contribution in [3.63, 3.8) is 0 Å². The third kappa shape index (κ3) is 2.04. The maximum absolute atomic E-state index is 12.4. The van der Waals surface area contributed by atoms with Crippen LogP contribution in [0.25, 0.3) is 21.8 Å². The Bertz CT molecular complexity index is 880. The highest BCUT2D eigenvalue weighted by Crippen LogP contribution is 2.35. The standard InChI is InChI=1S/C17H15N3OS/c21-15-7-11(10-22)9-20(15)14-8-12-3-1-5-18-16(12)17-13(14)4-2-6-19-17/h1-6,8,11,22H,7,9-10H2. The first-order valence-electron chi connectivity index (χ1n) is 7.31. The van der Waals surface area contributed by atoms with E-state index in [-0.39, 0.29) is 5.91 Å². The summed E-state index contributed by atoms with van der Waals surface area (Å²) in [5.41, 5.74) is 2.65. The van der Waals surface area contributed by atoms with E-state index in [4.69, 9.17) is 0 Å². The van der Waals surface area contributed by atoms with Crippen LogP contribution in [0.3, 0.4) is 0 Å². The van der Waals surface area contributed by atoms with Crippen molar-refractivity contribution in [3.05, 3.63) is 42.7 Å². The Morgan fingerprint density at radius 2 is 1.95 bits per heavy atom. The van der Waals surface area contributed by atoms with Gasteiger partial charge in [0.25, 0.3) is 0 Å². The zero-order valence-corrected chi connectivity index (χ0v) is 12.8. The van der Waals surface area contributed by atoms with Crippen LogP contribution in [-0.2, 0) is 4.79 Å². The number of hydrogen-bond donors (Lipinski definition) is 1. The summed E-state index contributed by atoms with van der Waals surface area (Å²) in [5, 5.41) is 1.98. The Morgan fingerprint density at radius 1 is 1.18 bits per heavy atom. The molecule has 1 amide bonds. The van der Waals surface area contributed by atoms with Crippen LogP contribution in [0.5, 0.6) is 0 Å². The van der Waals surface area contributed by atoms with Crippen LogP contribution in [0, 0.1) is 5.92 Å². The normalized spacial score (nSPS) is 18.5. The number of rotatable bonds is 2. The Hall–Kier alpha value is -2.14. The molecule has 1 aliphatic rings. The number of pyridine rings is 2. The van der Waals surface area contributed by atoms with Crippen molar-refractivity contribution < 1.29 is 4.79 Å². The van der Waals surface area contributed by atoms with E-state index in [0.29, 0.717) is 12.3 Å². The van der Waals surface area contributed by atoms with Crippen molar-refractivity contribution in [2.75, 3.05) is 17.2 Å². The number of carbonyl (C=O) groups excluding carboxylic acids is 1. The van der Waals surface area contributed by atoms with Gasteiger partial charge in [-0.2, -0.15) is 12.6 Å². The number of fused-ring (bicyclic) bond motifs is 3. The molecule has 1 aromatic carbocycles. The van der Waals surface area contributed by atoms with Crippen LogP contribution in [0.2, 0.25) is 0 Å². The van der Waals surface area contributed by atoms with E-state index in [1.165, 1.54) is 0 Å². The number of nitrogens with zero attached hydrogens (tertiary/aromatic N) is 3. The minimum Gasteiger partial charge on any atom is -0.311 e. The maximum atomic E-state index is 12.4. The number of benzene rings is 1. The van der Waals surface area contributed by atoms with Crippen molar-refractivity contribution in [2.24, 2.45) is 5.92 Å². The minimum absolute atomic E-state index is 0.160. The van der Waals surface area contributed by atoms with Gasteiger partial charge in [-0.15, -0.1) is 0 Å². The highest BCUT2D eigenvalue weighted by atomic mass is 32.1. The molecule has 1 unspecified atom stereocenters. The van der Waals surface area contributed by atoms with E-state index in [0.717, 1.165) is 39.8 Å². The molecule has 0 saturated carbocycles. The zero-order valence-electron chi connectivity index (χ0n) is 11.9. The summed E-state index contributed by atoms with van der Waals surface area (Å²) in [6.45, 7) is 0.720. The van der Waals surface area contributed by atoms with E-state index in [1.807, 2.05) is 35.2 Å². The molecule has 5 heteroatoms. The molecule has 0 spiro atoms. The van der Waals surface area contributed by atoms with E-state index >= 15 is 0 Å². The zero-order chi connectivity index (χ0) is 15.1. The molecule has 0 radical (unpaired) electrons. The van der Waals surface area contributed by atoms with Gasteiger partial charge in [0.1, 0.15) is 0 Å². The van der Waals surface area contributed by atoms with Crippen molar-refractivity contribution in [1.82, 2.24) is 9.97 Å². The minimum atomic E-state index is 0.160. The predicted molar refractivity (Wildman–Crippen MR) is 91.4 cm³/mol. The summed E-state index contributed by atoms with van der Waals surface area (Å²) in [4.78, 5) is 23.2. The number of carbonyl (C=O) groups is 1. The van der Waals surface area contributed by atoms with Crippen LogP contribution in [0.15, 0.2) is 42.7 Å². The molecule has 1 saturated heterocycles. The molecule has 4 rings (SSSR count). The third-order valence-corrected chi connectivity index (χ3v) is 4.71. The lowest BCUT2D eigenvalue weighted by atomic mass is 10.1. The topological polar surface area (TPSA) is 46.1 Å². The molecule has 1 aliphatic heterocycles. The Morgan fingerprint density at radius 3 is 2.73 bits per heavy atom. The molecular formula is C17H15N3OS. The Labute approximate surface area is 133 Å². The molecule has 1 fully saturated rings. The molecular weight excluding hydrogens is 294 g/mol. The maximum Gasteiger partial charge on any atom is 0.227 e. The van der Waals surface area contributed by atoms with Gasteiger partial charge in [-0.25, -0.2) is 0 Å². The molecule has 4 nitrogen and oxygen atoms in total. The van der Waals surface area contributed by atoms with Gasteiger partial charge >= 0.3 is 0 Å². The predicted octanol–water partition coefficient (Wildman–Crippen LogP) is 3.07. The second kappa shape index (κ2) is 5.25. The average molecular weight is 309 g/mol. The molecule has 0 aliphatic carbocycles. The molecule has 3 aromatic rings. The number of hydrogen-bond acceptors (Lipinski definition) is 4. The lowest BCUT2D eigenvalue weighted by Crippen LogP contribution is -2.25. The van der Waals surface area contributed by atoms with Gasteiger partial charge in [0.05, 0.1) is 16.7 Å². The quantitative estimate of drug-likeness (QED) is 0.584. The monoisotopic (exact) mass is 309 g/mol. The molecule has 3 heterocycles. The first kappa shape index (κ1) is 13.5. The number of amides is 1.